The number of carbonyl (C=O) groups excluding carboxylic acids is 2. The molecular formula is C17H24N6O3. The lowest BCUT2D eigenvalue weighted by Gasteiger charge is -2.45. The second-order valence-corrected chi connectivity index (χ2v) is 7.94. The van der Waals surface area contributed by atoms with Crippen LogP contribution in [-0.2, 0) is 11.3 Å². The number of hydrogen-bond donors (Lipinski definition) is 2. The van der Waals surface area contributed by atoms with Gasteiger partial charge < -0.3 is 19.9 Å². The molecular weight excluding hydrogens is 336 g/mol. The van der Waals surface area contributed by atoms with Gasteiger partial charge in [0.25, 0.3) is 5.91 Å². The topological polar surface area (TPSA) is 104 Å². The van der Waals surface area contributed by atoms with Crippen molar-refractivity contribution in [1.82, 2.24) is 29.9 Å². The van der Waals surface area contributed by atoms with Crippen molar-refractivity contribution in [2.45, 2.75) is 50.4 Å². The first-order valence-corrected chi connectivity index (χ1v) is 9.55. The van der Waals surface area contributed by atoms with Gasteiger partial charge in [-0.1, -0.05) is 0 Å². The lowest BCUT2D eigenvalue weighted by Crippen LogP contribution is -2.56. The van der Waals surface area contributed by atoms with E-state index in [1.807, 2.05) is 9.47 Å². The van der Waals surface area contributed by atoms with Gasteiger partial charge in [0.2, 0.25) is 11.7 Å². The molecule has 0 aromatic carbocycles. The zero-order valence-electron chi connectivity index (χ0n) is 14.7. The summed E-state index contributed by atoms with van der Waals surface area (Å²) in [5.41, 5.74) is 0. The zero-order valence-corrected chi connectivity index (χ0v) is 14.7. The minimum atomic E-state index is -0.324. The molecule has 26 heavy (non-hydrogen) atoms. The number of aromatic nitrogens is 3. The second kappa shape index (κ2) is 6.02. The van der Waals surface area contributed by atoms with E-state index in [4.69, 9.17) is 0 Å². The maximum Gasteiger partial charge on any atom is 0.289 e. The number of nitrogens with zero attached hydrogens (tertiary/aromatic N) is 5. The molecule has 2 aliphatic heterocycles. The molecule has 140 valence electrons. The van der Waals surface area contributed by atoms with Crippen molar-refractivity contribution in [2.24, 2.45) is 5.92 Å². The van der Waals surface area contributed by atoms with E-state index in [0.29, 0.717) is 38.3 Å². The van der Waals surface area contributed by atoms with Crippen molar-refractivity contribution in [1.29, 1.82) is 0 Å². The molecule has 0 unspecified atom stereocenters. The van der Waals surface area contributed by atoms with Crippen LogP contribution in [0.4, 0.5) is 0 Å². The maximum absolute atomic E-state index is 12.6. The Morgan fingerprint density at radius 1 is 1.08 bits per heavy atom. The van der Waals surface area contributed by atoms with E-state index in [-0.39, 0.29) is 35.9 Å². The molecule has 0 radical (unpaired) electrons. The summed E-state index contributed by atoms with van der Waals surface area (Å²) in [6, 6.07) is 0.276. The highest BCUT2D eigenvalue weighted by molar-refractivity contribution is 5.91. The van der Waals surface area contributed by atoms with Crippen molar-refractivity contribution >= 4 is 11.8 Å². The number of nitrogens with one attached hydrogen (secondary N) is 1. The summed E-state index contributed by atoms with van der Waals surface area (Å²) in [6.45, 7) is 3.64. The van der Waals surface area contributed by atoms with Crippen LogP contribution in [0.2, 0.25) is 0 Å². The van der Waals surface area contributed by atoms with Crippen LogP contribution in [-0.4, -0.2) is 79.8 Å². The van der Waals surface area contributed by atoms with Gasteiger partial charge in [0.05, 0.1) is 12.1 Å². The number of piperazine rings is 1. The van der Waals surface area contributed by atoms with Crippen molar-refractivity contribution < 1.29 is 14.7 Å². The predicted octanol–water partition coefficient (Wildman–Crippen LogP) is -0.860. The zero-order chi connectivity index (χ0) is 17.8. The monoisotopic (exact) mass is 360 g/mol. The van der Waals surface area contributed by atoms with Crippen molar-refractivity contribution in [2.75, 3.05) is 26.2 Å². The van der Waals surface area contributed by atoms with E-state index in [9.17, 15) is 14.7 Å². The van der Waals surface area contributed by atoms with E-state index in [1.54, 1.807) is 0 Å². The fraction of sp³-hybridized carbons (Fsp3) is 0.765. The standard InChI is InChI=1S/C17H24N6O3/c24-12-7-10(8-12)17(26)22-4-3-21-5-6-23-14(13(21)9-22)19-20-15(23)16(25)18-11-1-2-11/h10-13,24H,1-9H2,(H,18,25)/t10?,12?,13-/m0/s1. The van der Waals surface area contributed by atoms with Gasteiger partial charge in [0, 0.05) is 44.7 Å². The quantitative estimate of drug-likeness (QED) is 0.727. The number of aliphatic hydroxyl groups excluding tert-OH is 1. The average Bonchev–Trinajstić information content (AvgIpc) is 3.32. The Morgan fingerprint density at radius 3 is 2.58 bits per heavy atom. The molecule has 3 fully saturated rings. The largest absolute Gasteiger partial charge is 0.393 e. The summed E-state index contributed by atoms with van der Waals surface area (Å²) in [7, 11) is 0. The van der Waals surface area contributed by atoms with Gasteiger partial charge in [-0.25, -0.2) is 0 Å². The molecule has 1 aromatic rings. The minimum absolute atomic E-state index is 0.0126. The molecule has 1 atom stereocenters. The molecule has 0 bridgehead atoms. The molecule has 9 heteroatoms. The van der Waals surface area contributed by atoms with Crippen LogP contribution < -0.4 is 5.32 Å². The Kier molecular flexibility index (Phi) is 3.75. The predicted molar refractivity (Wildman–Crippen MR) is 90.1 cm³/mol. The highest BCUT2D eigenvalue weighted by Crippen LogP contribution is 2.33. The van der Waals surface area contributed by atoms with E-state index < -0.39 is 0 Å². The molecule has 9 nitrogen and oxygen atoms in total. The van der Waals surface area contributed by atoms with E-state index in [2.05, 4.69) is 20.4 Å². The molecule has 4 aliphatic rings. The fourth-order valence-electron chi connectivity index (χ4n) is 4.24. The number of aliphatic hydroxyl groups is 1. The highest BCUT2D eigenvalue weighted by atomic mass is 16.3. The van der Waals surface area contributed by atoms with E-state index in [1.165, 1.54) is 0 Å². The van der Waals surface area contributed by atoms with Crippen LogP contribution in [0.5, 0.6) is 0 Å². The maximum atomic E-state index is 12.6. The molecule has 5 rings (SSSR count). The summed E-state index contributed by atoms with van der Waals surface area (Å²) in [5.74, 6) is 1.11. The van der Waals surface area contributed by atoms with Crippen molar-refractivity contribution in [3.05, 3.63) is 11.6 Å². The first-order valence-electron chi connectivity index (χ1n) is 9.55. The summed E-state index contributed by atoms with van der Waals surface area (Å²) >= 11 is 0. The van der Waals surface area contributed by atoms with Crippen LogP contribution in [0, 0.1) is 5.92 Å². The number of hydrogen-bond acceptors (Lipinski definition) is 6. The number of amides is 2. The molecule has 1 aromatic heterocycles. The number of fused-ring (bicyclic) bond motifs is 3. The van der Waals surface area contributed by atoms with Gasteiger partial charge in [0.15, 0.2) is 5.82 Å². The van der Waals surface area contributed by atoms with Crippen LogP contribution in [0.3, 0.4) is 0 Å². The molecule has 2 aliphatic carbocycles. The summed E-state index contributed by atoms with van der Waals surface area (Å²) in [4.78, 5) is 29.3. The van der Waals surface area contributed by atoms with Crippen LogP contribution in [0.15, 0.2) is 0 Å². The van der Waals surface area contributed by atoms with Gasteiger partial charge in [-0.2, -0.15) is 0 Å². The van der Waals surface area contributed by atoms with Crippen LogP contribution >= 0.6 is 0 Å². The average molecular weight is 360 g/mol. The third-order valence-electron chi connectivity index (χ3n) is 6.07. The lowest BCUT2D eigenvalue weighted by molar-refractivity contribution is -0.146. The van der Waals surface area contributed by atoms with E-state index >= 15 is 0 Å². The first-order chi connectivity index (χ1) is 12.6. The summed E-state index contributed by atoms with van der Waals surface area (Å²) in [5, 5.41) is 20.9. The molecule has 1 saturated heterocycles. The summed E-state index contributed by atoms with van der Waals surface area (Å²) < 4.78 is 1.92. The minimum Gasteiger partial charge on any atom is -0.393 e. The van der Waals surface area contributed by atoms with Gasteiger partial charge in [-0.15, -0.1) is 10.2 Å². The van der Waals surface area contributed by atoms with Crippen molar-refractivity contribution in [3.8, 4) is 0 Å². The third kappa shape index (κ3) is 2.69. The Bertz CT molecular complexity index is 739. The van der Waals surface area contributed by atoms with E-state index in [0.717, 1.165) is 31.8 Å². The first kappa shape index (κ1) is 16.2. The Labute approximate surface area is 151 Å². The molecule has 2 saturated carbocycles. The number of carbonyl (C=O) groups is 2. The van der Waals surface area contributed by atoms with Gasteiger partial charge in [0.1, 0.15) is 0 Å². The second-order valence-electron chi connectivity index (χ2n) is 7.94. The SMILES string of the molecule is O=C(NC1CC1)c1nnc2n1CCN1CCN(C(=O)C3CC(O)C3)C[C@@H]21. The molecule has 2 amide bonds. The third-order valence-corrected chi connectivity index (χ3v) is 6.07. The Balaban J connectivity index is 1.33. The molecule has 0 spiro atoms. The normalized spacial score (nSPS) is 31.0. The van der Waals surface area contributed by atoms with Crippen LogP contribution in [0.1, 0.15) is 48.2 Å². The van der Waals surface area contributed by atoms with Crippen LogP contribution in [0.25, 0.3) is 0 Å². The fourth-order valence-corrected chi connectivity index (χ4v) is 4.24. The smallest absolute Gasteiger partial charge is 0.289 e. The molecule has 3 heterocycles. The van der Waals surface area contributed by atoms with Crippen molar-refractivity contribution in [3.63, 3.8) is 0 Å². The summed E-state index contributed by atoms with van der Waals surface area (Å²) in [6.07, 6.45) is 2.90. The number of rotatable bonds is 3. The molecule has 2 N–H and O–H groups in total. The Morgan fingerprint density at radius 2 is 1.85 bits per heavy atom. The van der Waals surface area contributed by atoms with Gasteiger partial charge >= 0.3 is 0 Å². The Hall–Kier alpha value is -2.00. The van der Waals surface area contributed by atoms with Gasteiger partial charge in [-0.05, 0) is 25.7 Å². The van der Waals surface area contributed by atoms with Gasteiger partial charge in [-0.3, -0.25) is 14.5 Å². The highest BCUT2D eigenvalue weighted by Gasteiger charge is 2.42. The lowest BCUT2D eigenvalue weighted by atomic mass is 9.81.